The highest BCUT2D eigenvalue weighted by Gasteiger charge is 2.87. The zero-order valence-corrected chi connectivity index (χ0v) is 10.3. The first kappa shape index (κ1) is 10.2. The van der Waals surface area contributed by atoms with E-state index in [2.05, 4.69) is 10.2 Å². The van der Waals surface area contributed by atoms with Crippen LogP contribution in [0.15, 0.2) is 10.2 Å². The van der Waals surface area contributed by atoms with Crippen LogP contribution in [0.25, 0.3) is 0 Å². The molecule has 0 aliphatic heterocycles. The third-order valence-electron chi connectivity index (χ3n) is 7.31. The summed E-state index contributed by atoms with van der Waals surface area (Å²) in [6.45, 7) is 0. The van der Waals surface area contributed by atoms with Crippen molar-refractivity contribution in [2.75, 3.05) is 0 Å². The second-order valence-corrected chi connectivity index (χ2v) is 7.81. The summed E-state index contributed by atoms with van der Waals surface area (Å²) in [5.41, 5.74) is -0.381. The molecule has 0 aromatic rings. The molecule has 5 heteroatoms. The van der Waals surface area contributed by atoms with E-state index in [0.717, 1.165) is 37.0 Å². The van der Waals surface area contributed by atoms with Gasteiger partial charge in [-0.1, -0.05) is 5.11 Å². The maximum absolute atomic E-state index is 12.5. The molecule has 102 valence electrons. The highest BCUT2D eigenvalue weighted by Crippen LogP contribution is 2.88. The molecular formula is C14H15F3N2. The van der Waals surface area contributed by atoms with Crippen molar-refractivity contribution in [3.8, 4) is 0 Å². The van der Waals surface area contributed by atoms with Crippen LogP contribution >= 0.6 is 0 Å². The van der Waals surface area contributed by atoms with Gasteiger partial charge in [-0.3, -0.25) is 0 Å². The van der Waals surface area contributed by atoms with Gasteiger partial charge in [-0.15, -0.1) is 13.2 Å². The van der Waals surface area contributed by atoms with Gasteiger partial charge in [-0.05, 0) is 72.5 Å². The van der Waals surface area contributed by atoms with E-state index in [1.807, 2.05) is 0 Å². The zero-order valence-electron chi connectivity index (χ0n) is 10.3. The number of alkyl halides is 3. The van der Waals surface area contributed by atoms with E-state index in [0.29, 0.717) is 35.5 Å². The lowest BCUT2D eigenvalue weighted by atomic mass is 9.82. The van der Waals surface area contributed by atoms with Gasteiger partial charge in [-0.2, -0.15) is 5.11 Å². The summed E-state index contributed by atoms with van der Waals surface area (Å²) < 4.78 is 37.5. The topological polar surface area (TPSA) is 24.7 Å². The highest BCUT2D eigenvalue weighted by atomic mass is 19.4. The minimum Gasteiger partial charge on any atom is -0.178 e. The first-order valence-electron chi connectivity index (χ1n) is 7.53. The largest absolute Gasteiger partial charge is 0.520 e. The first-order chi connectivity index (χ1) is 9.02. The van der Waals surface area contributed by atoms with Gasteiger partial charge in [0.05, 0.1) is 5.54 Å². The van der Waals surface area contributed by atoms with Crippen molar-refractivity contribution < 1.29 is 13.2 Å². The number of halogens is 3. The summed E-state index contributed by atoms with van der Waals surface area (Å²) >= 11 is 0. The van der Waals surface area contributed by atoms with E-state index >= 15 is 0 Å². The predicted molar refractivity (Wildman–Crippen MR) is 58.9 cm³/mol. The average Bonchev–Trinajstić information content (AvgIpc) is 3.03. The summed E-state index contributed by atoms with van der Waals surface area (Å²) in [5, 5.41) is 6.84. The lowest BCUT2D eigenvalue weighted by molar-refractivity contribution is -0.128. The second kappa shape index (κ2) is 2.48. The van der Waals surface area contributed by atoms with Crippen LogP contribution in [0.3, 0.4) is 0 Å². The van der Waals surface area contributed by atoms with E-state index in [-0.39, 0.29) is 5.54 Å². The predicted octanol–water partition coefficient (Wildman–Crippen LogP) is 3.49. The van der Waals surface area contributed by atoms with Gasteiger partial charge < -0.3 is 0 Å². The molecule has 0 saturated heterocycles. The lowest BCUT2D eigenvalue weighted by Crippen LogP contribution is -2.36. The fourth-order valence-corrected chi connectivity index (χ4v) is 6.80. The Kier molecular flexibility index (Phi) is 1.33. The van der Waals surface area contributed by atoms with Gasteiger partial charge in [0.2, 0.25) is 0 Å². The van der Waals surface area contributed by atoms with Gasteiger partial charge in [0.25, 0.3) is 0 Å². The monoisotopic (exact) mass is 268 g/mol. The maximum atomic E-state index is 12.5. The summed E-state index contributed by atoms with van der Waals surface area (Å²) in [5.74, 6) is 6.11. The van der Waals surface area contributed by atoms with Crippen LogP contribution in [0, 0.1) is 53.3 Å². The number of hydrogen-bond donors (Lipinski definition) is 0. The summed E-state index contributed by atoms with van der Waals surface area (Å²) in [6.07, 6.45) is -1.07. The Morgan fingerprint density at radius 2 is 1.21 bits per heavy atom. The molecule has 6 unspecified atom stereocenters. The molecule has 0 radical (unpaired) electrons. The number of rotatable bonds is 1. The van der Waals surface area contributed by atoms with Crippen molar-refractivity contribution in [2.24, 2.45) is 63.5 Å². The van der Waals surface area contributed by atoms with Crippen molar-refractivity contribution in [1.29, 1.82) is 0 Å². The molecule has 7 rings (SSSR count). The Bertz CT molecular complexity index is 466. The molecule has 2 nitrogen and oxygen atoms in total. The lowest BCUT2D eigenvalue weighted by Gasteiger charge is -2.29. The third kappa shape index (κ3) is 0.993. The molecule has 6 atom stereocenters. The molecule has 0 aromatic heterocycles. The van der Waals surface area contributed by atoms with E-state index in [4.69, 9.17) is 0 Å². The van der Waals surface area contributed by atoms with Crippen molar-refractivity contribution in [3.63, 3.8) is 0 Å². The molecule has 0 spiro atoms. The smallest absolute Gasteiger partial charge is 0.178 e. The molecule has 0 heterocycles. The SMILES string of the molecule is FC(F)(F)N=NC12C3CC3C3C(C4CC41)C3C1CC12. The maximum Gasteiger partial charge on any atom is 0.520 e. The van der Waals surface area contributed by atoms with Crippen LogP contribution in [0.2, 0.25) is 0 Å². The molecule has 7 aliphatic carbocycles. The van der Waals surface area contributed by atoms with Crippen LogP contribution in [0.5, 0.6) is 0 Å². The van der Waals surface area contributed by atoms with Gasteiger partial charge in [-0.25, -0.2) is 0 Å². The Labute approximate surface area is 108 Å². The first-order valence-corrected chi connectivity index (χ1v) is 7.53. The molecule has 0 aromatic carbocycles. The van der Waals surface area contributed by atoms with Crippen LogP contribution in [0.1, 0.15) is 19.3 Å². The summed E-state index contributed by atoms with van der Waals surface area (Å²) in [6, 6.07) is 0. The standard InChI is InChI=1S/C14H15F3N2/c15-14(16,17)19-18-13-7-1-4(7)10-11(5-2-8(5)13)12(10)6-3-9(6)13/h4-12H,1-3H2. The second-order valence-electron chi connectivity index (χ2n) is 7.81. The molecule has 4 bridgehead atoms. The van der Waals surface area contributed by atoms with Crippen molar-refractivity contribution in [2.45, 2.75) is 31.1 Å². The van der Waals surface area contributed by atoms with Crippen LogP contribution in [0.4, 0.5) is 13.2 Å². The number of azo groups is 1. The van der Waals surface area contributed by atoms with Crippen LogP contribution in [-0.4, -0.2) is 11.8 Å². The highest BCUT2D eigenvalue weighted by molar-refractivity contribution is 5.36. The normalized spacial score (nSPS) is 69.7. The van der Waals surface area contributed by atoms with Crippen LogP contribution in [-0.2, 0) is 0 Å². The quantitative estimate of drug-likeness (QED) is 0.513. The molecule has 7 aliphatic rings. The van der Waals surface area contributed by atoms with Gasteiger partial charge >= 0.3 is 6.30 Å². The molecule has 7 fully saturated rings. The van der Waals surface area contributed by atoms with E-state index in [1.54, 1.807) is 0 Å². The van der Waals surface area contributed by atoms with Crippen LogP contribution < -0.4 is 0 Å². The Balaban J connectivity index is 1.50. The Morgan fingerprint density at radius 1 is 0.789 bits per heavy atom. The van der Waals surface area contributed by atoms with Crippen molar-refractivity contribution in [1.82, 2.24) is 0 Å². The number of hydrogen-bond acceptors (Lipinski definition) is 2. The van der Waals surface area contributed by atoms with Crippen molar-refractivity contribution >= 4 is 0 Å². The minimum absolute atomic E-state index is 0.381. The molecule has 7 saturated carbocycles. The third-order valence-corrected chi connectivity index (χ3v) is 7.31. The van der Waals surface area contributed by atoms with Gasteiger partial charge in [0, 0.05) is 0 Å². The average molecular weight is 268 g/mol. The van der Waals surface area contributed by atoms with Crippen molar-refractivity contribution in [3.05, 3.63) is 0 Å². The fraction of sp³-hybridized carbons (Fsp3) is 1.00. The Morgan fingerprint density at radius 3 is 1.58 bits per heavy atom. The number of nitrogens with zero attached hydrogens (tertiary/aromatic N) is 2. The minimum atomic E-state index is -4.49. The summed E-state index contributed by atoms with van der Waals surface area (Å²) in [7, 11) is 0. The molecular weight excluding hydrogens is 253 g/mol. The fourth-order valence-electron chi connectivity index (χ4n) is 6.80. The Hall–Kier alpha value is -0.610. The molecule has 0 N–H and O–H groups in total. The van der Waals surface area contributed by atoms with E-state index in [1.165, 1.54) is 0 Å². The van der Waals surface area contributed by atoms with Gasteiger partial charge in [0.1, 0.15) is 0 Å². The zero-order chi connectivity index (χ0) is 12.7. The van der Waals surface area contributed by atoms with E-state index in [9.17, 15) is 13.2 Å². The summed E-state index contributed by atoms with van der Waals surface area (Å²) in [4.78, 5) is 0. The molecule has 0 amide bonds. The van der Waals surface area contributed by atoms with E-state index < -0.39 is 6.30 Å². The van der Waals surface area contributed by atoms with Gasteiger partial charge in [0.15, 0.2) is 0 Å². The molecule has 19 heavy (non-hydrogen) atoms.